The minimum Gasteiger partial charge on any atom is -0.494 e. The van der Waals surface area contributed by atoms with Gasteiger partial charge in [-0.1, -0.05) is 12.1 Å². The molecule has 118 valence electrons. The van der Waals surface area contributed by atoms with E-state index in [0.29, 0.717) is 25.2 Å². The van der Waals surface area contributed by atoms with E-state index in [1.54, 1.807) is 0 Å². The second-order valence-electron chi connectivity index (χ2n) is 5.92. The molecule has 1 aliphatic heterocycles. The van der Waals surface area contributed by atoms with Crippen molar-refractivity contribution in [3.05, 3.63) is 29.8 Å². The van der Waals surface area contributed by atoms with E-state index in [9.17, 15) is 0 Å². The minimum absolute atomic E-state index is 0.315. The Labute approximate surface area is 128 Å². The molecule has 1 fully saturated rings. The molecule has 1 aromatic rings. The highest BCUT2D eigenvalue weighted by atomic mass is 16.5. The first-order chi connectivity index (χ1) is 10.2. The van der Waals surface area contributed by atoms with Crippen molar-refractivity contribution in [2.75, 3.05) is 39.3 Å². The lowest BCUT2D eigenvalue weighted by molar-refractivity contribution is 0.0802. The Balaban J connectivity index is 1.99. The summed E-state index contributed by atoms with van der Waals surface area (Å²) in [7, 11) is 0. The summed E-state index contributed by atoms with van der Waals surface area (Å²) in [6.45, 7) is 12.3. The van der Waals surface area contributed by atoms with Crippen LogP contribution in [-0.4, -0.2) is 55.2 Å². The number of hydrogen-bond donors (Lipinski definition) is 1. The third-order valence-corrected chi connectivity index (χ3v) is 4.32. The van der Waals surface area contributed by atoms with Gasteiger partial charge >= 0.3 is 0 Å². The highest BCUT2D eigenvalue weighted by Crippen LogP contribution is 2.24. The van der Waals surface area contributed by atoms with Crippen molar-refractivity contribution in [1.82, 2.24) is 9.80 Å². The van der Waals surface area contributed by atoms with Crippen LogP contribution in [0.5, 0.6) is 5.75 Å². The summed E-state index contributed by atoms with van der Waals surface area (Å²) >= 11 is 0. The Hall–Kier alpha value is -1.10. The first-order valence-corrected chi connectivity index (χ1v) is 8.06. The van der Waals surface area contributed by atoms with Gasteiger partial charge in [0.2, 0.25) is 0 Å². The Bertz CT molecular complexity index is 411. The van der Waals surface area contributed by atoms with Gasteiger partial charge in [-0.3, -0.25) is 9.80 Å². The molecule has 0 aromatic heterocycles. The molecule has 1 heterocycles. The molecule has 0 radical (unpaired) electrons. The van der Waals surface area contributed by atoms with Crippen LogP contribution in [0.2, 0.25) is 0 Å². The zero-order valence-electron chi connectivity index (χ0n) is 13.6. The molecule has 0 bridgehead atoms. The number of piperazine rings is 1. The third kappa shape index (κ3) is 4.19. The average Bonchev–Trinajstić information content (AvgIpc) is 2.50. The standard InChI is InChI=1S/C17H29N3O/c1-4-21-16-7-5-15(6-8-16)17(13-18)20-11-9-19(10-12-20)14(2)3/h5-8,14,17H,4,9-13,18H2,1-3H3. The fourth-order valence-corrected chi connectivity index (χ4v) is 3.01. The molecule has 4 heteroatoms. The van der Waals surface area contributed by atoms with Crippen LogP contribution in [-0.2, 0) is 0 Å². The monoisotopic (exact) mass is 291 g/mol. The summed E-state index contributed by atoms with van der Waals surface area (Å²) < 4.78 is 5.51. The molecule has 0 amide bonds. The van der Waals surface area contributed by atoms with Crippen molar-refractivity contribution < 1.29 is 4.74 Å². The highest BCUT2D eigenvalue weighted by Gasteiger charge is 2.25. The number of hydrogen-bond acceptors (Lipinski definition) is 4. The Morgan fingerprint density at radius 2 is 1.62 bits per heavy atom. The van der Waals surface area contributed by atoms with E-state index < -0.39 is 0 Å². The quantitative estimate of drug-likeness (QED) is 0.871. The maximum Gasteiger partial charge on any atom is 0.119 e. The van der Waals surface area contributed by atoms with Gasteiger partial charge in [-0.25, -0.2) is 0 Å². The maximum atomic E-state index is 6.04. The summed E-state index contributed by atoms with van der Waals surface area (Å²) in [6.07, 6.45) is 0. The fraction of sp³-hybridized carbons (Fsp3) is 0.647. The first-order valence-electron chi connectivity index (χ1n) is 8.06. The predicted molar refractivity (Wildman–Crippen MR) is 87.7 cm³/mol. The van der Waals surface area contributed by atoms with Crippen molar-refractivity contribution in [3.63, 3.8) is 0 Å². The topological polar surface area (TPSA) is 41.7 Å². The van der Waals surface area contributed by atoms with E-state index in [2.05, 4.69) is 35.8 Å². The van der Waals surface area contributed by atoms with Crippen LogP contribution in [0.4, 0.5) is 0 Å². The van der Waals surface area contributed by atoms with Crippen LogP contribution >= 0.6 is 0 Å². The van der Waals surface area contributed by atoms with Crippen LogP contribution in [0.25, 0.3) is 0 Å². The molecule has 4 nitrogen and oxygen atoms in total. The number of nitrogens with zero attached hydrogens (tertiary/aromatic N) is 2. The third-order valence-electron chi connectivity index (χ3n) is 4.32. The smallest absolute Gasteiger partial charge is 0.119 e. The summed E-state index contributed by atoms with van der Waals surface area (Å²) in [5.74, 6) is 0.932. The van der Waals surface area contributed by atoms with E-state index in [-0.39, 0.29) is 0 Å². The molecule has 0 spiro atoms. The van der Waals surface area contributed by atoms with Crippen LogP contribution < -0.4 is 10.5 Å². The minimum atomic E-state index is 0.315. The number of nitrogens with two attached hydrogens (primary N) is 1. The lowest BCUT2D eigenvalue weighted by Gasteiger charge is -2.40. The summed E-state index contributed by atoms with van der Waals surface area (Å²) in [4.78, 5) is 5.04. The normalized spacial score (nSPS) is 18.9. The molecule has 21 heavy (non-hydrogen) atoms. The second kappa shape index (κ2) is 7.78. The Morgan fingerprint density at radius 1 is 1.05 bits per heavy atom. The van der Waals surface area contributed by atoms with Gasteiger partial charge in [-0.05, 0) is 38.5 Å². The van der Waals surface area contributed by atoms with E-state index in [4.69, 9.17) is 10.5 Å². The summed E-state index contributed by atoms with van der Waals surface area (Å²) in [5, 5.41) is 0. The van der Waals surface area contributed by atoms with Gasteiger partial charge in [0.1, 0.15) is 5.75 Å². The molecule has 1 aromatic carbocycles. The largest absolute Gasteiger partial charge is 0.494 e. The number of ether oxygens (including phenoxy) is 1. The van der Waals surface area contributed by atoms with Crippen molar-refractivity contribution >= 4 is 0 Å². The van der Waals surface area contributed by atoms with Crippen molar-refractivity contribution in [1.29, 1.82) is 0 Å². The van der Waals surface area contributed by atoms with Crippen LogP contribution in [0.3, 0.4) is 0 Å². The zero-order chi connectivity index (χ0) is 15.2. The maximum absolute atomic E-state index is 6.04. The zero-order valence-corrected chi connectivity index (χ0v) is 13.6. The van der Waals surface area contributed by atoms with Crippen molar-refractivity contribution in [2.45, 2.75) is 32.9 Å². The summed E-state index contributed by atoms with van der Waals surface area (Å²) in [6, 6.07) is 9.34. The number of benzene rings is 1. The molecule has 1 atom stereocenters. The van der Waals surface area contributed by atoms with Crippen molar-refractivity contribution in [2.24, 2.45) is 5.73 Å². The molecular weight excluding hydrogens is 262 g/mol. The lowest BCUT2D eigenvalue weighted by Crippen LogP contribution is -2.50. The highest BCUT2D eigenvalue weighted by molar-refractivity contribution is 5.29. The van der Waals surface area contributed by atoms with E-state index in [0.717, 1.165) is 31.9 Å². The molecule has 1 saturated heterocycles. The molecule has 2 rings (SSSR count). The van der Waals surface area contributed by atoms with Crippen LogP contribution in [0.15, 0.2) is 24.3 Å². The van der Waals surface area contributed by atoms with Gasteiger partial charge in [0.15, 0.2) is 0 Å². The van der Waals surface area contributed by atoms with Gasteiger partial charge in [0.25, 0.3) is 0 Å². The van der Waals surface area contributed by atoms with Crippen LogP contribution in [0.1, 0.15) is 32.4 Å². The lowest BCUT2D eigenvalue weighted by atomic mass is 10.0. The van der Waals surface area contributed by atoms with Gasteiger partial charge in [0, 0.05) is 44.8 Å². The Morgan fingerprint density at radius 3 is 2.10 bits per heavy atom. The van der Waals surface area contributed by atoms with Gasteiger partial charge in [0.05, 0.1) is 6.61 Å². The van der Waals surface area contributed by atoms with Gasteiger partial charge < -0.3 is 10.5 Å². The fourth-order valence-electron chi connectivity index (χ4n) is 3.01. The predicted octanol–water partition coefficient (Wildman–Crippen LogP) is 2.11. The molecule has 0 aliphatic carbocycles. The van der Waals surface area contributed by atoms with E-state index in [1.807, 2.05) is 19.1 Å². The van der Waals surface area contributed by atoms with Crippen molar-refractivity contribution in [3.8, 4) is 5.75 Å². The summed E-state index contributed by atoms with van der Waals surface area (Å²) in [5.41, 5.74) is 7.33. The molecule has 0 saturated carbocycles. The van der Waals surface area contributed by atoms with Gasteiger partial charge in [-0.2, -0.15) is 0 Å². The van der Waals surface area contributed by atoms with E-state index >= 15 is 0 Å². The molecule has 1 unspecified atom stereocenters. The van der Waals surface area contributed by atoms with Gasteiger partial charge in [-0.15, -0.1) is 0 Å². The second-order valence-corrected chi connectivity index (χ2v) is 5.92. The molecule has 1 aliphatic rings. The molecular formula is C17H29N3O. The Kier molecular flexibility index (Phi) is 6.03. The van der Waals surface area contributed by atoms with E-state index in [1.165, 1.54) is 5.56 Å². The van der Waals surface area contributed by atoms with Crippen LogP contribution in [0, 0.1) is 0 Å². The SMILES string of the molecule is CCOc1ccc(C(CN)N2CCN(C(C)C)CC2)cc1. The average molecular weight is 291 g/mol. The number of rotatable bonds is 6. The molecule has 2 N–H and O–H groups in total. The first kappa shape index (κ1) is 16.3.